The molecular weight excluding hydrogens is 110 g/mol. The lowest BCUT2D eigenvalue weighted by atomic mass is 10.1. The highest BCUT2D eigenvalue weighted by molar-refractivity contribution is 5.16. The van der Waals surface area contributed by atoms with Crippen molar-refractivity contribution < 1.29 is 0 Å². The predicted molar refractivity (Wildman–Crippen MR) is 39.6 cm³/mol. The fourth-order valence-electron chi connectivity index (χ4n) is 0.859. The summed E-state index contributed by atoms with van der Waals surface area (Å²) in [6, 6.07) is 2.19. The van der Waals surface area contributed by atoms with Crippen LogP contribution in [0.3, 0.4) is 0 Å². The maximum absolute atomic E-state index is 3.20. The van der Waals surface area contributed by atoms with E-state index < -0.39 is 0 Å². The molecule has 0 spiro atoms. The summed E-state index contributed by atoms with van der Waals surface area (Å²) in [7, 11) is 0. The molecule has 0 amide bonds. The number of hydrogen-bond acceptors (Lipinski definition) is 0. The van der Waals surface area contributed by atoms with Crippen LogP contribution >= 0.6 is 0 Å². The first-order valence-corrected chi connectivity index (χ1v) is 3.35. The Bertz CT molecular complexity index is 186. The minimum Gasteiger partial charge on any atom is -0.365 e. The van der Waals surface area contributed by atoms with Gasteiger partial charge in [0.25, 0.3) is 0 Å². The van der Waals surface area contributed by atoms with Gasteiger partial charge in [0, 0.05) is 11.9 Å². The summed E-state index contributed by atoms with van der Waals surface area (Å²) in [5.74, 6) is 0.624. The number of aromatic amines is 1. The zero-order valence-corrected chi connectivity index (χ0v) is 6.23. The van der Waals surface area contributed by atoms with Gasteiger partial charge >= 0.3 is 0 Å². The van der Waals surface area contributed by atoms with Crippen molar-refractivity contribution in [2.45, 2.75) is 26.7 Å². The van der Waals surface area contributed by atoms with Crippen LogP contribution in [0.4, 0.5) is 0 Å². The molecule has 1 heteroatoms. The molecule has 0 aromatic carbocycles. The molecule has 0 unspecified atom stereocenters. The highest BCUT2D eigenvalue weighted by atomic mass is 14.7. The van der Waals surface area contributed by atoms with Crippen LogP contribution in [-0.4, -0.2) is 4.98 Å². The Kier molecular flexibility index (Phi) is 1.60. The Morgan fingerprint density at radius 2 is 2.11 bits per heavy atom. The van der Waals surface area contributed by atoms with Crippen LogP contribution in [0.15, 0.2) is 12.3 Å². The molecule has 1 aromatic heterocycles. The Balaban J connectivity index is 2.85. The number of aryl methyl sites for hydroxylation is 1. The van der Waals surface area contributed by atoms with E-state index in [2.05, 4.69) is 31.8 Å². The largest absolute Gasteiger partial charge is 0.365 e. The molecule has 0 fully saturated rings. The van der Waals surface area contributed by atoms with Gasteiger partial charge in [-0.25, -0.2) is 0 Å². The van der Waals surface area contributed by atoms with Gasteiger partial charge in [0.1, 0.15) is 0 Å². The lowest BCUT2D eigenvalue weighted by Gasteiger charge is -1.97. The molecule has 0 atom stereocenters. The van der Waals surface area contributed by atoms with Crippen LogP contribution in [0.1, 0.15) is 31.0 Å². The van der Waals surface area contributed by atoms with Crippen LogP contribution in [0, 0.1) is 6.92 Å². The van der Waals surface area contributed by atoms with Crippen LogP contribution in [-0.2, 0) is 0 Å². The van der Waals surface area contributed by atoms with Crippen molar-refractivity contribution in [1.29, 1.82) is 0 Å². The summed E-state index contributed by atoms with van der Waals surface area (Å²) in [6.07, 6.45) is 2.04. The lowest BCUT2D eigenvalue weighted by Crippen LogP contribution is -1.84. The van der Waals surface area contributed by atoms with Crippen molar-refractivity contribution >= 4 is 0 Å². The first-order chi connectivity index (χ1) is 4.20. The fourth-order valence-corrected chi connectivity index (χ4v) is 0.859. The van der Waals surface area contributed by atoms with Crippen molar-refractivity contribution in [3.8, 4) is 0 Å². The van der Waals surface area contributed by atoms with Gasteiger partial charge in [-0.15, -0.1) is 0 Å². The van der Waals surface area contributed by atoms with Crippen molar-refractivity contribution in [2.75, 3.05) is 0 Å². The summed E-state index contributed by atoms with van der Waals surface area (Å²) < 4.78 is 0. The predicted octanol–water partition coefficient (Wildman–Crippen LogP) is 2.45. The Morgan fingerprint density at radius 1 is 1.44 bits per heavy atom. The number of rotatable bonds is 1. The Labute approximate surface area is 56.1 Å². The second-order valence-corrected chi connectivity index (χ2v) is 2.79. The molecule has 0 bridgehead atoms. The zero-order chi connectivity index (χ0) is 6.85. The molecule has 1 rings (SSSR count). The van der Waals surface area contributed by atoms with Gasteiger partial charge in [-0.05, 0) is 24.5 Å². The van der Waals surface area contributed by atoms with Gasteiger partial charge in [-0.1, -0.05) is 13.8 Å². The molecule has 1 nitrogen and oxygen atoms in total. The van der Waals surface area contributed by atoms with E-state index in [4.69, 9.17) is 0 Å². The SMILES string of the molecule is Cc1c[nH]c(C(C)C)c1. The van der Waals surface area contributed by atoms with E-state index in [-0.39, 0.29) is 0 Å². The standard InChI is InChI=1S/C8H13N/c1-6(2)8-4-7(3)5-9-8/h4-6,9H,1-3H3. The van der Waals surface area contributed by atoms with E-state index in [1.54, 1.807) is 0 Å². The van der Waals surface area contributed by atoms with E-state index in [0.29, 0.717) is 5.92 Å². The van der Waals surface area contributed by atoms with Gasteiger partial charge in [0.05, 0.1) is 0 Å². The van der Waals surface area contributed by atoms with Crippen LogP contribution in [0.25, 0.3) is 0 Å². The molecular formula is C8H13N. The number of aromatic nitrogens is 1. The highest BCUT2D eigenvalue weighted by Crippen LogP contribution is 2.12. The van der Waals surface area contributed by atoms with Crippen LogP contribution in [0.2, 0.25) is 0 Å². The van der Waals surface area contributed by atoms with Crippen LogP contribution < -0.4 is 0 Å². The van der Waals surface area contributed by atoms with Crippen molar-refractivity contribution in [3.63, 3.8) is 0 Å². The molecule has 50 valence electrons. The van der Waals surface area contributed by atoms with E-state index in [9.17, 15) is 0 Å². The zero-order valence-electron chi connectivity index (χ0n) is 6.23. The topological polar surface area (TPSA) is 15.8 Å². The fraction of sp³-hybridized carbons (Fsp3) is 0.500. The first kappa shape index (κ1) is 6.40. The summed E-state index contributed by atoms with van der Waals surface area (Å²) in [5, 5.41) is 0. The molecule has 1 N–H and O–H groups in total. The summed E-state index contributed by atoms with van der Waals surface area (Å²) in [6.45, 7) is 6.47. The Morgan fingerprint density at radius 3 is 2.33 bits per heavy atom. The molecule has 0 aliphatic heterocycles. The third-order valence-electron chi connectivity index (χ3n) is 1.47. The summed E-state index contributed by atoms with van der Waals surface area (Å²) in [4.78, 5) is 3.20. The van der Waals surface area contributed by atoms with E-state index in [1.807, 2.05) is 6.20 Å². The van der Waals surface area contributed by atoms with E-state index in [0.717, 1.165) is 0 Å². The normalized spacial score (nSPS) is 10.7. The Hall–Kier alpha value is -0.720. The molecule has 0 saturated carbocycles. The maximum Gasteiger partial charge on any atom is 0.0175 e. The molecule has 1 aromatic rings. The smallest absolute Gasteiger partial charge is 0.0175 e. The van der Waals surface area contributed by atoms with Gasteiger partial charge in [-0.2, -0.15) is 0 Å². The highest BCUT2D eigenvalue weighted by Gasteiger charge is 1.98. The summed E-state index contributed by atoms with van der Waals surface area (Å²) >= 11 is 0. The molecule has 0 saturated heterocycles. The van der Waals surface area contributed by atoms with Crippen molar-refractivity contribution in [2.24, 2.45) is 0 Å². The van der Waals surface area contributed by atoms with Gasteiger partial charge in [0.2, 0.25) is 0 Å². The molecule has 0 radical (unpaired) electrons. The summed E-state index contributed by atoms with van der Waals surface area (Å²) in [5.41, 5.74) is 2.64. The van der Waals surface area contributed by atoms with E-state index >= 15 is 0 Å². The lowest BCUT2D eigenvalue weighted by molar-refractivity contribution is 0.833. The third-order valence-corrected chi connectivity index (χ3v) is 1.47. The third kappa shape index (κ3) is 1.35. The molecule has 0 aliphatic carbocycles. The van der Waals surface area contributed by atoms with Crippen LogP contribution in [0.5, 0.6) is 0 Å². The van der Waals surface area contributed by atoms with Gasteiger partial charge in [0.15, 0.2) is 0 Å². The van der Waals surface area contributed by atoms with Gasteiger partial charge in [-0.3, -0.25) is 0 Å². The minimum atomic E-state index is 0.624. The molecule has 0 aliphatic rings. The van der Waals surface area contributed by atoms with Gasteiger partial charge < -0.3 is 4.98 Å². The average molecular weight is 123 g/mol. The van der Waals surface area contributed by atoms with Crippen molar-refractivity contribution in [3.05, 3.63) is 23.5 Å². The van der Waals surface area contributed by atoms with E-state index in [1.165, 1.54) is 11.3 Å². The monoisotopic (exact) mass is 123 g/mol. The molecule has 9 heavy (non-hydrogen) atoms. The maximum atomic E-state index is 3.20. The number of nitrogens with one attached hydrogen (secondary N) is 1. The number of H-pyrrole nitrogens is 1. The molecule has 1 heterocycles. The minimum absolute atomic E-state index is 0.624. The second-order valence-electron chi connectivity index (χ2n) is 2.79. The average Bonchev–Trinajstić information content (AvgIpc) is 2.14. The first-order valence-electron chi connectivity index (χ1n) is 3.35. The second kappa shape index (κ2) is 2.26. The number of hydrogen-bond donors (Lipinski definition) is 1. The quantitative estimate of drug-likeness (QED) is 0.590. The van der Waals surface area contributed by atoms with Crippen molar-refractivity contribution in [1.82, 2.24) is 4.98 Å².